The normalized spacial score (nSPS) is 19.4. The zero-order valence-corrected chi connectivity index (χ0v) is 10.9. The minimum atomic E-state index is -1.39. The van der Waals surface area contributed by atoms with E-state index in [-0.39, 0.29) is 12.5 Å². The third-order valence-corrected chi connectivity index (χ3v) is 3.07. The van der Waals surface area contributed by atoms with Crippen molar-refractivity contribution < 1.29 is 24.3 Å². The van der Waals surface area contributed by atoms with E-state index in [4.69, 9.17) is 16.6 Å². The molecule has 0 bridgehead atoms. The van der Waals surface area contributed by atoms with Gasteiger partial charge in [-0.05, 0) is 12.8 Å². The van der Waals surface area contributed by atoms with Crippen LogP contribution in [0.15, 0.2) is 0 Å². The topological polar surface area (TPSA) is 156 Å². The number of carboxylic acid groups (broad SMARTS) is 1. The van der Waals surface area contributed by atoms with Gasteiger partial charge in [-0.3, -0.25) is 14.4 Å². The van der Waals surface area contributed by atoms with E-state index in [1.807, 2.05) is 0 Å². The lowest BCUT2D eigenvalue weighted by Crippen LogP contribution is -2.52. The molecule has 0 aromatic rings. The van der Waals surface area contributed by atoms with Crippen molar-refractivity contribution >= 4 is 23.7 Å². The highest BCUT2D eigenvalue weighted by molar-refractivity contribution is 5.92. The minimum Gasteiger partial charge on any atom is -0.480 e. The fourth-order valence-corrected chi connectivity index (χ4v) is 2.12. The summed E-state index contributed by atoms with van der Waals surface area (Å²) >= 11 is 0. The van der Waals surface area contributed by atoms with Crippen LogP contribution in [0.25, 0.3) is 0 Å². The smallest absolute Gasteiger partial charge is 0.326 e. The van der Waals surface area contributed by atoms with Crippen LogP contribution in [0.2, 0.25) is 0 Å². The van der Waals surface area contributed by atoms with Crippen molar-refractivity contribution in [1.29, 1.82) is 0 Å². The molecule has 0 spiro atoms. The molecule has 1 saturated heterocycles. The van der Waals surface area contributed by atoms with Crippen LogP contribution >= 0.6 is 0 Å². The molecule has 2 atom stereocenters. The van der Waals surface area contributed by atoms with Gasteiger partial charge in [-0.2, -0.15) is 0 Å². The maximum absolute atomic E-state index is 12.0. The van der Waals surface area contributed by atoms with Crippen molar-refractivity contribution in [1.82, 2.24) is 10.2 Å². The summed E-state index contributed by atoms with van der Waals surface area (Å²) < 4.78 is 0. The monoisotopic (exact) mass is 286 g/mol. The number of primary amides is 1. The first-order valence-electron chi connectivity index (χ1n) is 6.17. The zero-order chi connectivity index (χ0) is 15.3. The van der Waals surface area contributed by atoms with Gasteiger partial charge in [-0.1, -0.05) is 0 Å². The van der Waals surface area contributed by atoms with Gasteiger partial charge in [0.1, 0.15) is 12.1 Å². The van der Waals surface area contributed by atoms with E-state index in [1.54, 1.807) is 0 Å². The number of rotatable bonds is 6. The summed E-state index contributed by atoms with van der Waals surface area (Å²) in [5.74, 6) is -3.17. The number of nitrogens with two attached hydrogens (primary N) is 2. The van der Waals surface area contributed by atoms with Crippen LogP contribution in [0.4, 0.5) is 0 Å². The zero-order valence-electron chi connectivity index (χ0n) is 10.9. The van der Waals surface area contributed by atoms with Crippen molar-refractivity contribution in [2.75, 3.05) is 13.1 Å². The molecule has 9 nitrogen and oxygen atoms in total. The van der Waals surface area contributed by atoms with E-state index in [0.717, 1.165) is 0 Å². The molecule has 1 aliphatic heterocycles. The van der Waals surface area contributed by atoms with Gasteiger partial charge in [0.2, 0.25) is 17.7 Å². The van der Waals surface area contributed by atoms with Crippen molar-refractivity contribution in [3.63, 3.8) is 0 Å². The number of amides is 3. The Morgan fingerprint density at radius 2 is 2.00 bits per heavy atom. The summed E-state index contributed by atoms with van der Waals surface area (Å²) in [4.78, 5) is 46.6. The number of nitrogens with zero attached hydrogens (tertiary/aromatic N) is 1. The first kappa shape index (κ1) is 15.9. The molecule has 0 radical (unpaired) electrons. The molecule has 0 unspecified atom stereocenters. The highest BCUT2D eigenvalue weighted by Gasteiger charge is 2.35. The number of likely N-dealkylation sites (tertiary alicyclic amines) is 1. The maximum atomic E-state index is 12.0. The Kier molecular flexibility index (Phi) is 5.44. The number of carboxylic acids is 1. The van der Waals surface area contributed by atoms with Gasteiger partial charge >= 0.3 is 5.97 Å². The summed E-state index contributed by atoms with van der Waals surface area (Å²) in [6, 6.07) is -2.14. The number of nitrogens with one attached hydrogen (secondary N) is 1. The van der Waals surface area contributed by atoms with Crippen LogP contribution in [0.1, 0.15) is 19.3 Å². The lowest BCUT2D eigenvalue weighted by Gasteiger charge is -2.24. The molecular weight excluding hydrogens is 268 g/mol. The van der Waals surface area contributed by atoms with Crippen molar-refractivity contribution in [2.45, 2.75) is 31.3 Å². The van der Waals surface area contributed by atoms with Crippen molar-refractivity contribution in [3.05, 3.63) is 0 Å². The van der Waals surface area contributed by atoms with Crippen molar-refractivity contribution in [2.24, 2.45) is 11.5 Å². The molecule has 0 saturated carbocycles. The summed E-state index contributed by atoms with van der Waals surface area (Å²) in [6.07, 6.45) is 0.566. The highest BCUT2D eigenvalue weighted by Crippen LogP contribution is 2.17. The fraction of sp³-hybridized carbons (Fsp3) is 0.636. The van der Waals surface area contributed by atoms with Crippen molar-refractivity contribution in [3.8, 4) is 0 Å². The Balaban J connectivity index is 2.70. The van der Waals surface area contributed by atoms with Gasteiger partial charge in [-0.25, -0.2) is 4.79 Å². The first-order valence-corrected chi connectivity index (χ1v) is 6.17. The first-order chi connectivity index (χ1) is 9.36. The van der Waals surface area contributed by atoms with Gasteiger partial charge in [0, 0.05) is 6.54 Å². The Labute approximate surface area is 115 Å². The Morgan fingerprint density at radius 1 is 1.35 bits per heavy atom. The molecular formula is C11H18N4O5. The summed E-state index contributed by atoms with van der Waals surface area (Å²) in [6.45, 7) is 0.190. The third kappa shape index (κ3) is 3.92. The lowest BCUT2D eigenvalue weighted by molar-refractivity contribution is -0.144. The SMILES string of the molecule is NCC(=O)N1CCC[C@H]1C(=O)N[C@@H](CC(N)=O)C(=O)O. The van der Waals surface area contributed by atoms with Gasteiger partial charge in [0.05, 0.1) is 13.0 Å². The predicted octanol–water partition coefficient (Wildman–Crippen LogP) is -2.62. The minimum absolute atomic E-state index is 0.215. The average molecular weight is 286 g/mol. The Morgan fingerprint density at radius 3 is 2.50 bits per heavy atom. The molecule has 20 heavy (non-hydrogen) atoms. The number of hydrogen-bond acceptors (Lipinski definition) is 5. The average Bonchev–Trinajstić information content (AvgIpc) is 2.85. The van der Waals surface area contributed by atoms with E-state index in [0.29, 0.717) is 19.4 Å². The molecule has 1 fully saturated rings. The molecule has 0 aromatic heterocycles. The predicted molar refractivity (Wildman–Crippen MR) is 67.2 cm³/mol. The van der Waals surface area contributed by atoms with Crippen LogP contribution in [-0.2, 0) is 19.2 Å². The third-order valence-electron chi connectivity index (χ3n) is 3.07. The van der Waals surface area contributed by atoms with E-state index in [2.05, 4.69) is 5.32 Å². The Hall–Kier alpha value is -2.16. The molecule has 0 aliphatic carbocycles. The van der Waals surface area contributed by atoms with E-state index in [9.17, 15) is 19.2 Å². The molecule has 1 rings (SSSR count). The second-order valence-electron chi connectivity index (χ2n) is 4.52. The molecule has 9 heteroatoms. The highest BCUT2D eigenvalue weighted by atomic mass is 16.4. The van der Waals surface area contributed by atoms with Gasteiger partial charge < -0.3 is 26.8 Å². The van der Waals surface area contributed by atoms with Crippen LogP contribution < -0.4 is 16.8 Å². The largest absolute Gasteiger partial charge is 0.480 e. The second kappa shape index (κ2) is 6.85. The molecule has 0 aromatic carbocycles. The molecule has 6 N–H and O–H groups in total. The number of hydrogen-bond donors (Lipinski definition) is 4. The summed E-state index contributed by atoms with van der Waals surface area (Å²) in [7, 11) is 0. The quantitative estimate of drug-likeness (QED) is 0.419. The van der Waals surface area contributed by atoms with Crippen LogP contribution in [0, 0.1) is 0 Å². The summed E-state index contributed by atoms with van der Waals surface area (Å²) in [5.41, 5.74) is 10.2. The van der Waals surface area contributed by atoms with Gasteiger partial charge in [-0.15, -0.1) is 0 Å². The van der Waals surface area contributed by atoms with E-state index in [1.165, 1.54) is 4.90 Å². The fourth-order valence-electron chi connectivity index (χ4n) is 2.12. The number of aliphatic carboxylic acids is 1. The second-order valence-corrected chi connectivity index (χ2v) is 4.52. The van der Waals surface area contributed by atoms with Crippen LogP contribution in [-0.4, -0.2) is 58.9 Å². The number of carbonyl (C=O) groups excluding carboxylic acids is 3. The molecule has 3 amide bonds. The maximum Gasteiger partial charge on any atom is 0.326 e. The molecule has 1 aliphatic rings. The van der Waals surface area contributed by atoms with Gasteiger partial charge in [0.15, 0.2) is 0 Å². The van der Waals surface area contributed by atoms with Gasteiger partial charge in [0.25, 0.3) is 0 Å². The van der Waals surface area contributed by atoms with E-state index < -0.39 is 36.3 Å². The number of carbonyl (C=O) groups is 4. The van der Waals surface area contributed by atoms with E-state index >= 15 is 0 Å². The lowest BCUT2D eigenvalue weighted by atomic mass is 10.1. The summed E-state index contributed by atoms with van der Waals surface area (Å²) in [5, 5.41) is 11.1. The standard InChI is InChI=1S/C11H18N4O5/c12-5-9(17)15-3-1-2-7(15)10(18)14-6(11(19)20)4-8(13)16/h6-7H,1-5,12H2,(H2,13,16)(H,14,18)(H,19,20)/t6-,7-/m0/s1. The molecule has 112 valence electrons. The van der Waals surface area contributed by atoms with Crippen LogP contribution in [0.3, 0.4) is 0 Å². The van der Waals surface area contributed by atoms with Crippen LogP contribution in [0.5, 0.6) is 0 Å². The Bertz CT molecular complexity index is 425. The molecule has 1 heterocycles.